The molecule has 0 aromatic heterocycles. The number of rotatable bonds is 3. The average molecular weight is 265 g/mol. The highest BCUT2D eigenvalue weighted by Gasteiger charge is 2.40. The molecule has 3 nitrogen and oxygen atoms in total. The third-order valence-corrected chi connectivity index (χ3v) is 4.45. The Kier molecular flexibility index (Phi) is 3.46. The van der Waals surface area contributed by atoms with Gasteiger partial charge in [0.15, 0.2) is 0 Å². The predicted octanol–water partition coefficient (Wildman–Crippen LogP) is 2.04. The molecule has 3 atom stereocenters. The summed E-state index contributed by atoms with van der Waals surface area (Å²) in [6.07, 6.45) is 1.69. The van der Waals surface area contributed by atoms with Crippen LogP contribution < -0.4 is 4.74 Å². The lowest BCUT2D eigenvalue weighted by molar-refractivity contribution is 0.161. The maximum Gasteiger partial charge on any atom is 0.127 e. The van der Waals surface area contributed by atoms with Gasteiger partial charge in [0, 0.05) is 25.2 Å². The van der Waals surface area contributed by atoms with E-state index in [9.17, 15) is 9.50 Å². The zero-order valence-corrected chi connectivity index (χ0v) is 11.2. The van der Waals surface area contributed by atoms with Crippen LogP contribution in [0.5, 0.6) is 5.75 Å². The minimum absolute atomic E-state index is 0.120. The van der Waals surface area contributed by atoms with Crippen LogP contribution in [0.25, 0.3) is 0 Å². The number of fused-ring (bicyclic) bond motifs is 1. The summed E-state index contributed by atoms with van der Waals surface area (Å²) in [6, 6.07) is 4.89. The Morgan fingerprint density at radius 1 is 1.32 bits per heavy atom. The standard InChI is InChI=1S/C15H20FNO2/c1-19-14-2-3-15(16)12(6-14)9-17-7-10-4-13(18)5-11(10)8-17/h2-3,6,10-11,13,18H,4-5,7-9H2,1H3/t10-,11+,13?. The van der Waals surface area contributed by atoms with Crippen LogP contribution in [0.3, 0.4) is 0 Å². The van der Waals surface area contributed by atoms with E-state index in [2.05, 4.69) is 4.90 Å². The molecule has 0 radical (unpaired) electrons. The second kappa shape index (κ2) is 5.10. The van der Waals surface area contributed by atoms with E-state index in [1.807, 2.05) is 0 Å². The normalized spacial score (nSPS) is 30.6. The summed E-state index contributed by atoms with van der Waals surface area (Å²) in [5.41, 5.74) is 0.694. The maximum atomic E-state index is 13.8. The highest BCUT2D eigenvalue weighted by molar-refractivity contribution is 5.29. The number of methoxy groups -OCH3 is 1. The van der Waals surface area contributed by atoms with Gasteiger partial charge >= 0.3 is 0 Å². The van der Waals surface area contributed by atoms with Crippen molar-refractivity contribution >= 4 is 0 Å². The van der Waals surface area contributed by atoms with Gasteiger partial charge in [-0.3, -0.25) is 4.90 Å². The Morgan fingerprint density at radius 3 is 2.63 bits per heavy atom. The smallest absolute Gasteiger partial charge is 0.127 e. The fourth-order valence-corrected chi connectivity index (χ4v) is 3.53. The van der Waals surface area contributed by atoms with E-state index in [0.717, 1.165) is 25.9 Å². The number of halogens is 1. The van der Waals surface area contributed by atoms with Gasteiger partial charge in [-0.15, -0.1) is 0 Å². The first kappa shape index (κ1) is 12.9. The second-order valence-corrected chi connectivity index (χ2v) is 5.80. The van der Waals surface area contributed by atoms with Gasteiger partial charge in [-0.25, -0.2) is 4.39 Å². The molecule has 1 aromatic carbocycles. The van der Waals surface area contributed by atoms with Crippen LogP contribution in [-0.4, -0.2) is 36.3 Å². The molecule has 4 heteroatoms. The molecule has 1 saturated heterocycles. The molecular weight excluding hydrogens is 245 g/mol. The summed E-state index contributed by atoms with van der Waals surface area (Å²) in [4.78, 5) is 2.29. The summed E-state index contributed by atoms with van der Waals surface area (Å²) in [7, 11) is 1.60. The van der Waals surface area contributed by atoms with Gasteiger partial charge in [-0.2, -0.15) is 0 Å². The van der Waals surface area contributed by atoms with E-state index < -0.39 is 0 Å². The molecule has 1 saturated carbocycles. The Hall–Kier alpha value is -1.13. The lowest BCUT2D eigenvalue weighted by atomic mass is 10.0. The number of ether oxygens (including phenoxy) is 1. The van der Waals surface area contributed by atoms with Gasteiger partial charge in [0.25, 0.3) is 0 Å². The van der Waals surface area contributed by atoms with Gasteiger partial charge in [0.05, 0.1) is 13.2 Å². The minimum atomic E-state index is -0.169. The van der Waals surface area contributed by atoms with Crippen molar-refractivity contribution in [3.63, 3.8) is 0 Å². The molecule has 0 bridgehead atoms. The Morgan fingerprint density at radius 2 is 2.00 bits per heavy atom. The molecule has 1 unspecified atom stereocenters. The maximum absolute atomic E-state index is 13.8. The van der Waals surface area contributed by atoms with Crippen molar-refractivity contribution in [1.82, 2.24) is 4.90 Å². The molecule has 1 N–H and O–H groups in total. The van der Waals surface area contributed by atoms with Crippen molar-refractivity contribution in [2.24, 2.45) is 11.8 Å². The fraction of sp³-hybridized carbons (Fsp3) is 0.600. The van der Waals surface area contributed by atoms with Gasteiger partial charge in [0.2, 0.25) is 0 Å². The minimum Gasteiger partial charge on any atom is -0.497 e. The quantitative estimate of drug-likeness (QED) is 0.907. The predicted molar refractivity (Wildman–Crippen MR) is 70.4 cm³/mol. The molecule has 0 spiro atoms. The highest BCUT2D eigenvalue weighted by Crippen LogP contribution is 2.38. The fourth-order valence-electron chi connectivity index (χ4n) is 3.53. The van der Waals surface area contributed by atoms with E-state index in [-0.39, 0.29) is 11.9 Å². The van der Waals surface area contributed by atoms with Crippen LogP contribution in [-0.2, 0) is 6.54 Å². The van der Waals surface area contributed by atoms with Crippen molar-refractivity contribution in [2.75, 3.05) is 20.2 Å². The molecule has 1 aromatic rings. The third kappa shape index (κ3) is 2.60. The highest BCUT2D eigenvalue weighted by atomic mass is 19.1. The van der Waals surface area contributed by atoms with Gasteiger partial charge in [-0.1, -0.05) is 0 Å². The van der Waals surface area contributed by atoms with E-state index in [1.54, 1.807) is 19.2 Å². The molecular formula is C15H20FNO2. The molecule has 2 fully saturated rings. The third-order valence-electron chi connectivity index (χ3n) is 4.45. The molecule has 19 heavy (non-hydrogen) atoms. The van der Waals surface area contributed by atoms with Crippen LogP contribution in [0, 0.1) is 17.7 Å². The molecule has 1 aliphatic heterocycles. The number of hydrogen-bond acceptors (Lipinski definition) is 3. The lowest BCUT2D eigenvalue weighted by Gasteiger charge is -2.18. The first-order chi connectivity index (χ1) is 9.15. The number of aliphatic hydroxyl groups is 1. The number of hydrogen-bond donors (Lipinski definition) is 1. The summed E-state index contributed by atoms with van der Waals surface area (Å²) in [6.45, 7) is 2.57. The van der Waals surface area contributed by atoms with Gasteiger partial charge in [-0.05, 0) is 42.9 Å². The number of nitrogens with zero attached hydrogens (tertiary/aromatic N) is 1. The number of aliphatic hydroxyl groups excluding tert-OH is 1. The molecule has 1 heterocycles. The Bertz CT molecular complexity index is 451. The largest absolute Gasteiger partial charge is 0.497 e. The van der Waals surface area contributed by atoms with E-state index in [4.69, 9.17) is 4.74 Å². The van der Waals surface area contributed by atoms with Crippen LogP contribution in [0.2, 0.25) is 0 Å². The van der Waals surface area contributed by atoms with Crippen molar-refractivity contribution in [3.05, 3.63) is 29.6 Å². The zero-order valence-electron chi connectivity index (χ0n) is 11.2. The van der Waals surface area contributed by atoms with E-state index >= 15 is 0 Å². The summed E-state index contributed by atoms with van der Waals surface area (Å²) >= 11 is 0. The van der Waals surface area contributed by atoms with Crippen LogP contribution in [0.1, 0.15) is 18.4 Å². The van der Waals surface area contributed by atoms with Crippen molar-refractivity contribution in [1.29, 1.82) is 0 Å². The monoisotopic (exact) mass is 265 g/mol. The van der Waals surface area contributed by atoms with E-state index in [1.165, 1.54) is 6.07 Å². The molecule has 104 valence electrons. The molecule has 1 aliphatic carbocycles. The molecule has 3 rings (SSSR count). The van der Waals surface area contributed by atoms with Crippen molar-refractivity contribution < 1.29 is 14.2 Å². The number of benzene rings is 1. The first-order valence-corrected chi connectivity index (χ1v) is 6.88. The number of likely N-dealkylation sites (tertiary alicyclic amines) is 1. The van der Waals surface area contributed by atoms with Gasteiger partial charge < -0.3 is 9.84 Å². The van der Waals surface area contributed by atoms with Crippen LogP contribution in [0.4, 0.5) is 4.39 Å². The summed E-state index contributed by atoms with van der Waals surface area (Å²) < 4.78 is 18.9. The SMILES string of the molecule is COc1ccc(F)c(CN2C[C@H]3CC(O)C[C@H]3C2)c1. The summed E-state index contributed by atoms with van der Waals surface area (Å²) in [5, 5.41) is 9.63. The first-order valence-electron chi connectivity index (χ1n) is 6.88. The summed E-state index contributed by atoms with van der Waals surface area (Å²) in [5.74, 6) is 1.71. The Labute approximate surface area is 113 Å². The molecule has 0 amide bonds. The average Bonchev–Trinajstić information content (AvgIpc) is 2.88. The zero-order chi connectivity index (χ0) is 13.4. The van der Waals surface area contributed by atoms with Crippen molar-refractivity contribution in [2.45, 2.75) is 25.5 Å². The lowest BCUT2D eigenvalue weighted by Crippen LogP contribution is -2.23. The van der Waals surface area contributed by atoms with Crippen LogP contribution in [0.15, 0.2) is 18.2 Å². The molecule has 2 aliphatic rings. The second-order valence-electron chi connectivity index (χ2n) is 5.80. The Balaban J connectivity index is 1.67. The van der Waals surface area contributed by atoms with Crippen LogP contribution >= 0.6 is 0 Å². The van der Waals surface area contributed by atoms with Crippen molar-refractivity contribution in [3.8, 4) is 5.75 Å². The van der Waals surface area contributed by atoms with E-state index in [0.29, 0.717) is 29.7 Å². The van der Waals surface area contributed by atoms with Gasteiger partial charge in [0.1, 0.15) is 11.6 Å². The topological polar surface area (TPSA) is 32.7 Å².